The zero-order chi connectivity index (χ0) is 17.4. The minimum Gasteiger partial charge on any atom is -0.312 e. The number of rotatable bonds is 4. The molecule has 1 aliphatic heterocycles. The van der Waals surface area contributed by atoms with Gasteiger partial charge in [-0.25, -0.2) is 8.42 Å². The van der Waals surface area contributed by atoms with E-state index in [1.807, 2.05) is 17.0 Å². The molecule has 1 aliphatic carbocycles. The van der Waals surface area contributed by atoms with E-state index in [1.165, 1.54) is 0 Å². The van der Waals surface area contributed by atoms with Gasteiger partial charge in [0.15, 0.2) is 0 Å². The SMILES string of the molecule is O=C(C1CC1)N1CCCc2cc(NS(=O)(=O)c3ccccc3)ccc21. The van der Waals surface area contributed by atoms with Gasteiger partial charge in [-0.2, -0.15) is 0 Å². The van der Waals surface area contributed by atoms with Crippen molar-refractivity contribution in [1.29, 1.82) is 0 Å². The van der Waals surface area contributed by atoms with Gasteiger partial charge in [0.1, 0.15) is 0 Å². The number of anilines is 2. The number of carbonyl (C=O) groups is 1. The molecule has 2 aromatic carbocycles. The Labute approximate surface area is 147 Å². The van der Waals surface area contributed by atoms with E-state index < -0.39 is 10.0 Å². The average molecular weight is 356 g/mol. The lowest BCUT2D eigenvalue weighted by atomic mass is 10.0. The Balaban J connectivity index is 1.60. The molecule has 1 N–H and O–H groups in total. The normalized spacial score (nSPS) is 17.0. The minimum atomic E-state index is -3.60. The van der Waals surface area contributed by atoms with E-state index in [1.54, 1.807) is 36.4 Å². The van der Waals surface area contributed by atoms with Crippen LogP contribution in [0.2, 0.25) is 0 Å². The summed E-state index contributed by atoms with van der Waals surface area (Å²) < 4.78 is 27.6. The fraction of sp³-hybridized carbons (Fsp3) is 0.316. The summed E-state index contributed by atoms with van der Waals surface area (Å²) in [6.45, 7) is 0.747. The van der Waals surface area contributed by atoms with E-state index in [0.717, 1.165) is 43.5 Å². The molecule has 1 saturated carbocycles. The fourth-order valence-electron chi connectivity index (χ4n) is 3.25. The van der Waals surface area contributed by atoms with E-state index in [9.17, 15) is 13.2 Å². The Hall–Kier alpha value is -2.34. The van der Waals surface area contributed by atoms with Gasteiger partial charge in [0.2, 0.25) is 5.91 Å². The molecule has 0 unspecified atom stereocenters. The van der Waals surface area contributed by atoms with Gasteiger partial charge in [0.25, 0.3) is 10.0 Å². The van der Waals surface area contributed by atoms with E-state index in [4.69, 9.17) is 0 Å². The van der Waals surface area contributed by atoms with Crippen LogP contribution < -0.4 is 9.62 Å². The summed E-state index contributed by atoms with van der Waals surface area (Å²) in [4.78, 5) is 14.5. The van der Waals surface area contributed by atoms with Gasteiger partial charge in [0, 0.05) is 23.8 Å². The fourth-order valence-corrected chi connectivity index (χ4v) is 4.32. The molecule has 5 nitrogen and oxygen atoms in total. The Kier molecular flexibility index (Phi) is 4.00. The lowest BCUT2D eigenvalue weighted by Gasteiger charge is -2.30. The zero-order valence-electron chi connectivity index (χ0n) is 13.8. The summed E-state index contributed by atoms with van der Waals surface area (Å²) >= 11 is 0. The van der Waals surface area contributed by atoms with Crippen molar-refractivity contribution >= 4 is 27.3 Å². The Morgan fingerprint density at radius 1 is 1.08 bits per heavy atom. The van der Waals surface area contributed by atoms with Gasteiger partial charge in [-0.3, -0.25) is 9.52 Å². The lowest BCUT2D eigenvalue weighted by molar-refractivity contribution is -0.119. The first-order valence-corrected chi connectivity index (χ1v) is 10.0. The van der Waals surface area contributed by atoms with E-state index >= 15 is 0 Å². The van der Waals surface area contributed by atoms with Gasteiger partial charge >= 0.3 is 0 Å². The second-order valence-electron chi connectivity index (χ2n) is 6.63. The first-order chi connectivity index (χ1) is 12.0. The summed E-state index contributed by atoms with van der Waals surface area (Å²) in [5, 5.41) is 0. The quantitative estimate of drug-likeness (QED) is 0.915. The number of benzene rings is 2. The zero-order valence-corrected chi connectivity index (χ0v) is 14.6. The van der Waals surface area contributed by atoms with Crippen molar-refractivity contribution in [2.45, 2.75) is 30.6 Å². The number of hydrogen-bond donors (Lipinski definition) is 1. The average Bonchev–Trinajstić information content (AvgIpc) is 3.46. The summed E-state index contributed by atoms with van der Waals surface area (Å²) in [5.41, 5.74) is 2.47. The third kappa shape index (κ3) is 3.26. The van der Waals surface area contributed by atoms with Gasteiger partial charge in [-0.15, -0.1) is 0 Å². The van der Waals surface area contributed by atoms with Crippen molar-refractivity contribution in [2.24, 2.45) is 5.92 Å². The molecule has 0 bridgehead atoms. The molecule has 0 spiro atoms. The maximum Gasteiger partial charge on any atom is 0.261 e. The summed E-state index contributed by atoms with van der Waals surface area (Å²) in [6.07, 6.45) is 3.73. The molecular formula is C19H20N2O3S. The first-order valence-electron chi connectivity index (χ1n) is 8.57. The van der Waals surface area contributed by atoms with Crippen LogP contribution in [-0.2, 0) is 21.2 Å². The second kappa shape index (κ2) is 6.19. The molecule has 4 rings (SSSR count). The Morgan fingerprint density at radius 3 is 2.56 bits per heavy atom. The molecule has 0 saturated heterocycles. The van der Waals surface area contributed by atoms with E-state index in [2.05, 4.69) is 4.72 Å². The predicted molar refractivity (Wildman–Crippen MR) is 97.1 cm³/mol. The molecular weight excluding hydrogens is 336 g/mol. The van der Waals surface area contributed by atoms with E-state index in [0.29, 0.717) is 5.69 Å². The molecule has 0 atom stereocenters. The highest BCUT2D eigenvalue weighted by Gasteiger charge is 2.35. The highest BCUT2D eigenvalue weighted by molar-refractivity contribution is 7.92. The second-order valence-corrected chi connectivity index (χ2v) is 8.31. The third-order valence-electron chi connectivity index (χ3n) is 4.70. The molecule has 1 fully saturated rings. The number of aryl methyl sites for hydroxylation is 1. The standard InChI is InChI=1S/C19H20N2O3S/c22-19(14-8-9-14)21-12-4-5-15-13-16(10-11-18(15)21)20-25(23,24)17-6-2-1-3-7-17/h1-3,6-7,10-11,13-14,20H,4-5,8-9,12H2. The molecule has 0 radical (unpaired) electrons. The van der Waals surface area contributed by atoms with Crippen LogP contribution in [0.25, 0.3) is 0 Å². The van der Waals surface area contributed by atoms with Crippen molar-refractivity contribution in [1.82, 2.24) is 0 Å². The van der Waals surface area contributed by atoms with Crippen LogP contribution in [0, 0.1) is 5.92 Å². The van der Waals surface area contributed by atoms with Crippen LogP contribution in [0.3, 0.4) is 0 Å². The van der Waals surface area contributed by atoms with Crippen LogP contribution in [0.1, 0.15) is 24.8 Å². The van der Waals surface area contributed by atoms with Crippen molar-refractivity contribution in [3.63, 3.8) is 0 Å². The van der Waals surface area contributed by atoms with Gasteiger partial charge in [-0.05, 0) is 61.6 Å². The number of carbonyl (C=O) groups excluding carboxylic acids is 1. The number of hydrogen-bond acceptors (Lipinski definition) is 3. The van der Waals surface area contributed by atoms with Gasteiger partial charge < -0.3 is 4.90 Å². The van der Waals surface area contributed by atoms with Crippen LogP contribution in [0.15, 0.2) is 53.4 Å². The minimum absolute atomic E-state index is 0.183. The molecule has 0 aromatic heterocycles. The van der Waals surface area contributed by atoms with Gasteiger partial charge in [0.05, 0.1) is 4.90 Å². The van der Waals surface area contributed by atoms with Crippen molar-refractivity contribution < 1.29 is 13.2 Å². The van der Waals surface area contributed by atoms with Crippen molar-refractivity contribution in [2.75, 3.05) is 16.2 Å². The number of nitrogens with one attached hydrogen (secondary N) is 1. The maximum atomic E-state index is 12.5. The lowest BCUT2D eigenvalue weighted by Crippen LogP contribution is -2.36. The van der Waals surface area contributed by atoms with Crippen LogP contribution in [-0.4, -0.2) is 20.9 Å². The molecule has 2 aromatic rings. The number of sulfonamides is 1. The molecule has 130 valence electrons. The number of nitrogens with zero attached hydrogens (tertiary/aromatic N) is 1. The first kappa shape index (κ1) is 16.1. The van der Waals surface area contributed by atoms with Crippen molar-refractivity contribution in [3.8, 4) is 0 Å². The summed E-state index contributed by atoms with van der Waals surface area (Å²) in [5.74, 6) is 0.390. The Bertz CT molecular complexity index is 906. The largest absolute Gasteiger partial charge is 0.312 e. The number of fused-ring (bicyclic) bond motifs is 1. The highest BCUT2D eigenvalue weighted by atomic mass is 32.2. The molecule has 1 heterocycles. The monoisotopic (exact) mass is 356 g/mol. The van der Waals surface area contributed by atoms with Crippen LogP contribution in [0.5, 0.6) is 0 Å². The Morgan fingerprint density at radius 2 is 1.84 bits per heavy atom. The topological polar surface area (TPSA) is 66.5 Å². The van der Waals surface area contributed by atoms with Crippen LogP contribution in [0.4, 0.5) is 11.4 Å². The molecule has 25 heavy (non-hydrogen) atoms. The van der Waals surface area contributed by atoms with Crippen molar-refractivity contribution in [3.05, 3.63) is 54.1 Å². The van der Waals surface area contributed by atoms with Gasteiger partial charge in [-0.1, -0.05) is 18.2 Å². The third-order valence-corrected chi connectivity index (χ3v) is 6.09. The molecule has 6 heteroatoms. The molecule has 2 aliphatic rings. The van der Waals surface area contributed by atoms with Crippen LogP contribution >= 0.6 is 0 Å². The predicted octanol–water partition coefficient (Wildman–Crippen LogP) is 3.18. The molecule has 1 amide bonds. The number of amides is 1. The summed E-state index contributed by atoms with van der Waals surface area (Å²) in [7, 11) is -3.60. The van der Waals surface area contributed by atoms with E-state index in [-0.39, 0.29) is 16.7 Å². The highest BCUT2D eigenvalue weighted by Crippen LogP contribution is 2.36. The maximum absolute atomic E-state index is 12.5. The smallest absolute Gasteiger partial charge is 0.261 e. The summed E-state index contributed by atoms with van der Waals surface area (Å²) in [6, 6.07) is 13.8.